The number of unbranched alkanes of at least 4 members (excludes halogenated alkanes) is 17. The highest BCUT2D eigenvalue weighted by molar-refractivity contribution is 7.47. The number of carbonyl (C=O) groups is 2. The van der Waals surface area contributed by atoms with Crippen LogP contribution in [0.4, 0.5) is 0 Å². The molecule has 0 aliphatic carbocycles. The molecule has 9 nitrogen and oxygen atoms in total. The molecule has 0 saturated carbocycles. The van der Waals surface area contributed by atoms with Gasteiger partial charge < -0.3 is 19.3 Å². The summed E-state index contributed by atoms with van der Waals surface area (Å²) in [5.41, 5.74) is 0. The molecule has 2 unspecified atom stereocenters. The second kappa shape index (κ2) is 31.4. The maximum absolute atomic E-state index is 12.5. The van der Waals surface area contributed by atoms with E-state index in [1.807, 2.05) is 19.0 Å². The van der Waals surface area contributed by atoms with E-state index in [4.69, 9.17) is 18.5 Å². The quantitative estimate of drug-likeness (QED) is 0.0318. The van der Waals surface area contributed by atoms with Crippen LogP contribution in [0.3, 0.4) is 0 Å². The third-order valence-electron chi connectivity index (χ3n) is 7.57. The fourth-order valence-electron chi connectivity index (χ4n) is 4.73. The SMILES string of the molecule is CCCC/C=C\CCCCCCCC(=O)OC(COC(=O)CCCCCCCCCCCCC)COP(=O)(O)OCCN(C)C. The van der Waals surface area contributed by atoms with Crippen LogP contribution in [0.25, 0.3) is 0 Å². The van der Waals surface area contributed by atoms with Gasteiger partial charge in [0.1, 0.15) is 6.61 Å². The summed E-state index contributed by atoms with van der Waals surface area (Å²) in [4.78, 5) is 36.7. The van der Waals surface area contributed by atoms with Crippen molar-refractivity contribution in [2.45, 2.75) is 161 Å². The molecular weight excluding hydrogens is 593 g/mol. The average molecular weight is 662 g/mol. The van der Waals surface area contributed by atoms with Crippen molar-refractivity contribution in [2.24, 2.45) is 0 Å². The summed E-state index contributed by atoms with van der Waals surface area (Å²) < 4.78 is 33.2. The molecular formula is C35H68NO8P. The molecule has 0 aromatic heterocycles. The molecule has 0 fully saturated rings. The molecule has 0 radical (unpaired) electrons. The predicted octanol–water partition coefficient (Wildman–Crippen LogP) is 9.31. The number of hydrogen-bond acceptors (Lipinski definition) is 8. The van der Waals surface area contributed by atoms with Gasteiger partial charge in [-0.2, -0.15) is 0 Å². The van der Waals surface area contributed by atoms with Crippen LogP contribution in [0, 0.1) is 0 Å². The first-order chi connectivity index (χ1) is 21.7. The Morgan fingerprint density at radius 3 is 1.71 bits per heavy atom. The largest absolute Gasteiger partial charge is 0.472 e. The van der Waals surface area contributed by atoms with Crippen LogP contribution in [0.2, 0.25) is 0 Å². The second-order valence-corrected chi connectivity index (χ2v) is 13.9. The summed E-state index contributed by atoms with van der Waals surface area (Å²) in [7, 11) is -0.707. The Balaban J connectivity index is 4.40. The Hall–Kier alpha value is -1.25. The van der Waals surface area contributed by atoms with Crippen LogP contribution >= 0.6 is 7.82 Å². The average Bonchev–Trinajstić information content (AvgIpc) is 2.99. The molecule has 0 aromatic carbocycles. The Bertz CT molecular complexity index is 777. The van der Waals surface area contributed by atoms with Gasteiger partial charge >= 0.3 is 19.8 Å². The number of allylic oxidation sites excluding steroid dienone is 2. The Kier molecular flexibility index (Phi) is 30.5. The Labute approximate surface area is 275 Å². The third-order valence-corrected chi connectivity index (χ3v) is 8.56. The molecule has 0 bridgehead atoms. The summed E-state index contributed by atoms with van der Waals surface area (Å²) in [5.74, 6) is -0.813. The lowest BCUT2D eigenvalue weighted by molar-refractivity contribution is -0.161. The van der Waals surface area contributed by atoms with Crippen molar-refractivity contribution < 1.29 is 37.6 Å². The zero-order valence-corrected chi connectivity index (χ0v) is 30.2. The topological polar surface area (TPSA) is 112 Å². The van der Waals surface area contributed by atoms with Gasteiger partial charge in [0.15, 0.2) is 6.10 Å². The molecule has 0 aliphatic heterocycles. The van der Waals surface area contributed by atoms with E-state index in [1.54, 1.807) is 0 Å². The normalized spacial score (nSPS) is 13.7. The number of nitrogens with zero attached hydrogens (tertiary/aromatic N) is 1. The lowest BCUT2D eigenvalue weighted by Crippen LogP contribution is -2.29. The van der Waals surface area contributed by atoms with E-state index in [-0.39, 0.29) is 25.6 Å². The van der Waals surface area contributed by atoms with Crippen molar-refractivity contribution in [1.82, 2.24) is 4.90 Å². The Morgan fingerprint density at radius 1 is 0.667 bits per heavy atom. The first-order valence-electron chi connectivity index (χ1n) is 18.0. The van der Waals surface area contributed by atoms with Gasteiger partial charge in [-0.15, -0.1) is 0 Å². The molecule has 1 N–H and O–H groups in total. The highest BCUT2D eigenvalue weighted by atomic mass is 31.2. The summed E-state index contributed by atoms with van der Waals surface area (Å²) in [6.45, 7) is 4.25. The van der Waals surface area contributed by atoms with Crippen molar-refractivity contribution in [3.63, 3.8) is 0 Å². The number of esters is 2. The van der Waals surface area contributed by atoms with Crippen LogP contribution in [-0.4, -0.2) is 68.3 Å². The minimum atomic E-state index is -4.35. The summed E-state index contributed by atoms with van der Waals surface area (Å²) in [6, 6.07) is 0. The van der Waals surface area contributed by atoms with Crippen LogP contribution in [-0.2, 0) is 32.7 Å². The maximum Gasteiger partial charge on any atom is 0.472 e. The standard InChI is InChI=1S/C35H68NO8P/c1-5-7-9-11-13-15-17-19-21-23-25-27-34(37)41-31-33(32-43-45(39,40)42-30-29-36(3)4)44-35(38)28-26-24-22-20-18-16-14-12-10-8-6-2/h12,14,33H,5-11,13,15-32H2,1-4H3,(H,39,40)/b14-12-. The van der Waals surface area contributed by atoms with Crippen molar-refractivity contribution in [2.75, 3.05) is 40.5 Å². The van der Waals surface area contributed by atoms with Crippen molar-refractivity contribution in [3.8, 4) is 0 Å². The molecule has 2 atom stereocenters. The minimum absolute atomic E-state index is 0.00826. The molecule has 0 spiro atoms. The lowest BCUT2D eigenvalue weighted by Gasteiger charge is -2.20. The number of phosphoric acid groups is 1. The van der Waals surface area contributed by atoms with Crippen molar-refractivity contribution in [3.05, 3.63) is 12.2 Å². The molecule has 0 saturated heterocycles. The molecule has 0 aromatic rings. The number of hydrogen-bond donors (Lipinski definition) is 1. The molecule has 0 rings (SSSR count). The van der Waals surface area contributed by atoms with E-state index < -0.39 is 26.5 Å². The molecule has 10 heteroatoms. The highest BCUT2D eigenvalue weighted by Gasteiger charge is 2.26. The van der Waals surface area contributed by atoms with Gasteiger partial charge in [-0.05, 0) is 46.2 Å². The first kappa shape index (κ1) is 43.8. The maximum atomic E-state index is 12.5. The zero-order valence-electron chi connectivity index (χ0n) is 29.3. The zero-order chi connectivity index (χ0) is 33.4. The monoisotopic (exact) mass is 661 g/mol. The fraction of sp³-hybridized carbons (Fsp3) is 0.886. The van der Waals surface area contributed by atoms with Crippen LogP contribution in [0.5, 0.6) is 0 Å². The lowest BCUT2D eigenvalue weighted by atomic mass is 10.1. The molecule has 0 amide bonds. The summed E-state index contributed by atoms with van der Waals surface area (Å²) in [6.07, 6.45) is 26.9. The van der Waals surface area contributed by atoms with E-state index in [0.717, 1.165) is 57.8 Å². The van der Waals surface area contributed by atoms with Crippen molar-refractivity contribution >= 4 is 19.8 Å². The first-order valence-corrected chi connectivity index (χ1v) is 19.5. The number of carbonyl (C=O) groups excluding carboxylic acids is 2. The number of phosphoric ester groups is 1. The molecule has 45 heavy (non-hydrogen) atoms. The van der Waals surface area contributed by atoms with Gasteiger partial charge in [-0.1, -0.05) is 122 Å². The smallest absolute Gasteiger partial charge is 0.462 e. The molecule has 266 valence electrons. The van der Waals surface area contributed by atoms with Gasteiger partial charge in [0, 0.05) is 19.4 Å². The van der Waals surface area contributed by atoms with Gasteiger partial charge in [-0.25, -0.2) is 4.57 Å². The number of rotatable bonds is 33. The van der Waals surface area contributed by atoms with E-state index in [9.17, 15) is 19.0 Å². The number of ether oxygens (including phenoxy) is 2. The van der Waals surface area contributed by atoms with Gasteiger partial charge in [0.05, 0.1) is 13.2 Å². The van der Waals surface area contributed by atoms with Gasteiger partial charge in [0.2, 0.25) is 0 Å². The highest BCUT2D eigenvalue weighted by Crippen LogP contribution is 2.43. The fourth-order valence-corrected chi connectivity index (χ4v) is 5.47. The summed E-state index contributed by atoms with van der Waals surface area (Å²) >= 11 is 0. The van der Waals surface area contributed by atoms with E-state index in [1.165, 1.54) is 64.2 Å². The van der Waals surface area contributed by atoms with Crippen molar-refractivity contribution in [1.29, 1.82) is 0 Å². The second-order valence-electron chi connectivity index (χ2n) is 12.4. The van der Waals surface area contributed by atoms with E-state index in [0.29, 0.717) is 19.4 Å². The van der Waals surface area contributed by atoms with E-state index >= 15 is 0 Å². The van der Waals surface area contributed by atoms with Crippen LogP contribution in [0.15, 0.2) is 12.2 Å². The number of likely N-dealkylation sites (N-methyl/N-ethyl adjacent to an activating group) is 1. The molecule has 0 heterocycles. The summed E-state index contributed by atoms with van der Waals surface area (Å²) in [5, 5.41) is 0. The Morgan fingerprint density at radius 2 is 1.16 bits per heavy atom. The van der Waals surface area contributed by atoms with E-state index in [2.05, 4.69) is 26.0 Å². The van der Waals surface area contributed by atoms with Crippen LogP contribution in [0.1, 0.15) is 155 Å². The molecule has 0 aliphatic rings. The third kappa shape index (κ3) is 32.5. The van der Waals surface area contributed by atoms with Crippen LogP contribution < -0.4 is 0 Å². The van der Waals surface area contributed by atoms with Gasteiger partial charge in [-0.3, -0.25) is 18.6 Å². The minimum Gasteiger partial charge on any atom is -0.462 e. The van der Waals surface area contributed by atoms with Gasteiger partial charge in [0.25, 0.3) is 0 Å². The predicted molar refractivity (Wildman–Crippen MR) is 183 cm³/mol.